The van der Waals surface area contributed by atoms with Crippen LogP contribution >= 0.6 is 11.6 Å². The molecular weight excluding hydrogens is 450 g/mol. The van der Waals surface area contributed by atoms with Gasteiger partial charge in [0.05, 0.1) is 17.3 Å². The number of aromatic nitrogens is 2. The molecule has 0 spiro atoms. The Bertz CT molecular complexity index is 1090. The lowest BCUT2D eigenvalue weighted by molar-refractivity contribution is 0.0241. The Morgan fingerprint density at radius 3 is 2.65 bits per heavy atom. The van der Waals surface area contributed by atoms with Gasteiger partial charge in [0, 0.05) is 43.9 Å². The smallest absolute Gasteiger partial charge is 0.222 e. The van der Waals surface area contributed by atoms with Gasteiger partial charge in [0.15, 0.2) is 0 Å². The van der Waals surface area contributed by atoms with Gasteiger partial charge in [-0.1, -0.05) is 48.0 Å². The Labute approximate surface area is 206 Å². The van der Waals surface area contributed by atoms with Crippen molar-refractivity contribution in [2.45, 2.75) is 38.0 Å². The van der Waals surface area contributed by atoms with E-state index in [1.165, 1.54) is 0 Å². The molecule has 2 unspecified atom stereocenters. The van der Waals surface area contributed by atoms with Crippen molar-refractivity contribution in [3.8, 4) is 22.9 Å². The Balaban J connectivity index is 1.72. The fourth-order valence-corrected chi connectivity index (χ4v) is 4.39. The fourth-order valence-electron chi connectivity index (χ4n) is 4.27. The van der Waals surface area contributed by atoms with Gasteiger partial charge in [0.1, 0.15) is 11.4 Å². The summed E-state index contributed by atoms with van der Waals surface area (Å²) in [5.41, 5.74) is 1.76. The van der Waals surface area contributed by atoms with E-state index in [0.29, 0.717) is 36.3 Å². The molecule has 2 heterocycles. The zero-order valence-corrected chi connectivity index (χ0v) is 20.5. The molecule has 1 aliphatic heterocycles. The molecule has 4 rings (SSSR count). The van der Waals surface area contributed by atoms with Crippen molar-refractivity contribution in [2.24, 2.45) is 7.05 Å². The van der Waals surface area contributed by atoms with Gasteiger partial charge in [-0.05, 0) is 44.0 Å². The Hall–Kier alpha value is -2.64. The van der Waals surface area contributed by atoms with E-state index in [-0.39, 0.29) is 6.10 Å². The second-order valence-corrected chi connectivity index (χ2v) is 9.48. The quantitative estimate of drug-likeness (QED) is 0.390. The molecule has 2 atom stereocenters. The van der Waals surface area contributed by atoms with Crippen molar-refractivity contribution in [1.29, 1.82) is 0 Å². The maximum Gasteiger partial charge on any atom is 0.222 e. The third kappa shape index (κ3) is 6.07. The van der Waals surface area contributed by atoms with Gasteiger partial charge in [-0.3, -0.25) is 4.90 Å². The largest absolute Gasteiger partial charge is 0.439 e. The predicted octanol–water partition coefficient (Wildman–Crippen LogP) is 5.45. The lowest BCUT2D eigenvalue weighted by atomic mass is 10.0. The molecule has 7 heteroatoms. The van der Waals surface area contributed by atoms with Crippen LogP contribution in [0.3, 0.4) is 0 Å². The molecule has 0 bridgehead atoms. The van der Waals surface area contributed by atoms with Crippen LogP contribution in [0.5, 0.6) is 11.6 Å². The Kier molecular flexibility index (Phi) is 7.73. The number of aryl methyl sites for hydroxylation is 1. The number of ether oxygens (including phenoxy) is 2. The molecule has 1 aromatic heterocycles. The number of hydrogen-bond acceptors (Lipinski definition) is 5. The van der Waals surface area contributed by atoms with Gasteiger partial charge in [-0.15, -0.1) is 6.58 Å². The van der Waals surface area contributed by atoms with E-state index in [1.54, 1.807) is 29.8 Å². The van der Waals surface area contributed by atoms with Crippen LogP contribution in [0.25, 0.3) is 11.3 Å². The van der Waals surface area contributed by atoms with Gasteiger partial charge >= 0.3 is 0 Å². The summed E-state index contributed by atoms with van der Waals surface area (Å²) in [5, 5.41) is 16.3. The average Bonchev–Trinajstić information content (AvgIpc) is 3.44. The summed E-state index contributed by atoms with van der Waals surface area (Å²) in [4.78, 5) is 2.20. The van der Waals surface area contributed by atoms with Crippen LogP contribution < -0.4 is 4.74 Å². The monoisotopic (exact) mass is 481 g/mol. The van der Waals surface area contributed by atoms with Crippen LogP contribution in [0.4, 0.5) is 0 Å². The highest BCUT2D eigenvalue weighted by molar-refractivity contribution is 6.30. The molecule has 3 aromatic rings. The second kappa shape index (κ2) is 10.7. The number of aliphatic hydroxyl groups is 1. The minimum absolute atomic E-state index is 0.137. The summed E-state index contributed by atoms with van der Waals surface area (Å²) in [5.74, 6) is 1.33. The zero-order valence-electron chi connectivity index (χ0n) is 19.8. The normalized spacial score (nSPS) is 17.6. The maximum absolute atomic E-state index is 10.8. The highest BCUT2D eigenvalue weighted by atomic mass is 35.5. The topological polar surface area (TPSA) is 59.8 Å². The lowest BCUT2D eigenvalue weighted by Gasteiger charge is -2.31. The van der Waals surface area contributed by atoms with E-state index >= 15 is 0 Å². The summed E-state index contributed by atoms with van der Waals surface area (Å²) in [6.45, 7) is 8.02. The predicted molar refractivity (Wildman–Crippen MR) is 135 cm³/mol. The van der Waals surface area contributed by atoms with Crippen molar-refractivity contribution in [3.05, 3.63) is 77.8 Å². The summed E-state index contributed by atoms with van der Waals surface area (Å²) < 4.78 is 14.0. The van der Waals surface area contributed by atoms with E-state index in [2.05, 4.69) is 11.5 Å². The minimum Gasteiger partial charge on any atom is -0.439 e. The zero-order chi connectivity index (χ0) is 24.1. The van der Waals surface area contributed by atoms with Crippen molar-refractivity contribution in [3.63, 3.8) is 0 Å². The number of nitrogens with zero attached hydrogens (tertiary/aromatic N) is 3. The number of benzene rings is 2. The van der Waals surface area contributed by atoms with E-state index in [4.69, 9.17) is 26.2 Å². The van der Waals surface area contributed by atoms with Gasteiger partial charge in [-0.25, -0.2) is 4.68 Å². The first-order valence-corrected chi connectivity index (χ1v) is 12.0. The van der Waals surface area contributed by atoms with Crippen molar-refractivity contribution in [1.82, 2.24) is 14.7 Å². The van der Waals surface area contributed by atoms with Crippen LogP contribution in [0.2, 0.25) is 5.02 Å². The lowest BCUT2D eigenvalue weighted by Crippen LogP contribution is -2.42. The fraction of sp³-hybridized carbons (Fsp3) is 0.370. The van der Waals surface area contributed by atoms with Crippen molar-refractivity contribution < 1.29 is 14.6 Å². The molecule has 0 radical (unpaired) electrons. The third-order valence-electron chi connectivity index (χ3n) is 6.01. The molecule has 1 aliphatic rings. The molecule has 2 aromatic carbocycles. The summed E-state index contributed by atoms with van der Waals surface area (Å²) in [6.07, 6.45) is 3.79. The highest BCUT2D eigenvalue weighted by Gasteiger charge is 2.28. The summed E-state index contributed by atoms with van der Waals surface area (Å²) in [7, 11) is 1.88. The van der Waals surface area contributed by atoms with Crippen LogP contribution in [0, 0.1) is 0 Å². The van der Waals surface area contributed by atoms with Gasteiger partial charge < -0.3 is 14.6 Å². The molecule has 0 amide bonds. The Morgan fingerprint density at radius 1 is 1.26 bits per heavy atom. The standard InChI is InChI=1S/C27H32ClN3O3/c1-4-27(2,32)19-31(17-23-11-8-16-33-23)18-24-25(20-9-6-5-7-10-20)29-30(3)26(24)34-22-14-12-21(28)13-15-22/h4-7,9-10,12-15,23,32H,1,8,11,16-19H2,2-3H3. The van der Waals surface area contributed by atoms with Gasteiger partial charge in [0.2, 0.25) is 5.88 Å². The maximum atomic E-state index is 10.8. The van der Waals surface area contributed by atoms with Crippen molar-refractivity contribution in [2.75, 3.05) is 19.7 Å². The van der Waals surface area contributed by atoms with E-state index < -0.39 is 5.60 Å². The molecule has 6 nitrogen and oxygen atoms in total. The molecular formula is C27H32ClN3O3. The first-order valence-electron chi connectivity index (χ1n) is 11.6. The van der Waals surface area contributed by atoms with Crippen molar-refractivity contribution >= 4 is 11.6 Å². The molecule has 1 saturated heterocycles. The van der Waals surface area contributed by atoms with E-state index in [1.807, 2.05) is 49.5 Å². The van der Waals surface area contributed by atoms with Crippen LogP contribution in [0.15, 0.2) is 67.3 Å². The molecule has 1 fully saturated rings. The molecule has 0 saturated carbocycles. The first-order chi connectivity index (χ1) is 16.3. The molecule has 34 heavy (non-hydrogen) atoms. The van der Waals surface area contributed by atoms with Crippen LogP contribution in [-0.4, -0.2) is 51.2 Å². The van der Waals surface area contributed by atoms with Gasteiger partial charge in [0.25, 0.3) is 0 Å². The number of hydrogen-bond donors (Lipinski definition) is 1. The number of rotatable bonds is 10. The number of halogens is 1. The van der Waals surface area contributed by atoms with E-state index in [0.717, 1.165) is 36.3 Å². The van der Waals surface area contributed by atoms with E-state index in [9.17, 15) is 5.11 Å². The molecule has 180 valence electrons. The SMILES string of the molecule is C=CC(C)(O)CN(Cc1c(-c2ccccc2)nn(C)c1Oc1ccc(Cl)cc1)CC1CCCO1. The molecule has 1 N–H and O–H groups in total. The first kappa shape index (κ1) is 24.5. The minimum atomic E-state index is -1.04. The highest BCUT2D eigenvalue weighted by Crippen LogP contribution is 2.35. The van der Waals surface area contributed by atoms with Crippen LogP contribution in [0.1, 0.15) is 25.3 Å². The third-order valence-corrected chi connectivity index (χ3v) is 6.27. The Morgan fingerprint density at radius 2 is 2.00 bits per heavy atom. The summed E-state index contributed by atoms with van der Waals surface area (Å²) >= 11 is 6.06. The molecule has 0 aliphatic carbocycles. The van der Waals surface area contributed by atoms with Gasteiger partial charge in [-0.2, -0.15) is 5.10 Å². The second-order valence-electron chi connectivity index (χ2n) is 9.04. The van der Waals surface area contributed by atoms with Crippen LogP contribution in [-0.2, 0) is 18.3 Å². The average molecular weight is 482 g/mol. The summed E-state index contributed by atoms with van der Waals surface area (Å²) in [6, 6.07) is 17.4.